The molecule has 8 heteroatoms. The van der Waals surface area contributed by atoms with Gasteiger partial charge in [0.1, 0.15) is 5.75 Å². The first-order valence-electron chi connectivity index (χ1n) is 10.3. The number of amides is 1. The molecule has 0 saturated carbocycles. The number of para-hydroxylation sites is 2. The van der Waals surface area contributed by atoms with Crippen LogP contribution in [0.5, 0.6) is 17.2 Å². The highest BCUT2D eigenvalue weighted by Gasteiger charge is 2.13. The molecule has 0 spiro atoms. The van der Waals surface area contributed by atoms with Crippen molar-refractivity contribution in [2.24, 2.45) is 0 Å². The van der Waals surface area contributed by atoms with E-state index in [1.165, 1.54) is 0 Å². The standard InChI is InChI=1S/C25H25N3O4S/c1-30-21-13-23(32-3)22(31-2)12-18(21)14-26-24(29)17-10-8-16(9-11-17)15-33-25-27-19-6-4-5-7-20(19)28-25/h4-13H,14-15H2,1-3H3,(H,26,29)(H,27,28). The van der Waals surface area contributed by atoms with Crippen LogP contribution in [0.15, 0.2) is 65.8 Å². The fourth-order valence-corrected chi connectivity index (χ4v) is 4.25. The van der Waals surface area contributed by atoms with E-state index in [9.17, 15) is 4.79 Å². The van der Waals surface area contributed by atoms with E-state index in [0.717, 1.165) is 33.1 Å². The van der Waals surface area contributed by atoms with Crippen LogP contribution in [0, 0.1) is 0 Å². The molecule has 1 amide bonds. The third kappa shape index (κ3) is 5.23. The van der Waals surface area contributed by atoms with Crippen LogP contribution in [0.3, 0.4) is 0 Å². The molecule has 3 aromatic carbocycles. The lowest BCUT2D eigenvalue weighted by molar-refractivity contribution is 0.0950. The number of methoxy groups -OCH3 is 3. The van der Waals surface area contributed by atoms with Crippen LogP contribution in [0.1, 0.15) is 21.5 Å². The Hall–Kier alpha value is -3.65. The Morgan fingerprint density at radius 3 is 2.33 bits per heavy atom. The van der Waals surface area contributed by atoms with Crippen molar-refractivity contribution in [3.63, 3.8) is 0 Å². The second kappa shape index (κ2) is 10.3. The van der Waals surface area contributed by atoms with Gasteiger partial charge < -0.3 is 24.5 Å². The molecule has 0 bridgehead atoms. The Morgan fingerprint density at radius 2 is 1.64 bits per heavy atom. The summed E-state index contributed by atoms with van der Waals surface area (Å²) < 4.78 is 16.1. The van der Waals surface area contributed by atoms with E-state index >= 15 is 0 Å². The Kier molecular flexibility index (Phi) is 7.04. The van der Waals surface area contributed by atoms with Gasteiger partial charge in [0.2, 0.25) is 0 Å². The molecule has 4 rings (SSSR count). The molecule has 2 N–H and O–H groups in total. The summed E-state index contributed by atoms with van der Waals surface area (Å²) in [4.78, 5) is 20.6. The summed E-state index contributed by atoms with van der Waals surface area (Å²) >= 11 is 1.63. The van der Waals surface area contributed by atoms with E-state index in [0.29, 0.717) is 29.4 Å². The number of aromatic nitrogens is 2. The van der Waals surface area contributed by atoms with Gasteiger partial charge in [0, 0.05) is 29.5 Å². The molecule has 0 aliphatic carbocycles. The number of carbonyl (C=O) groups is 1. The number of fused-ring (bicyclic) bond motifs is 1. The molecule has 0 unspecified atom stereocenters. The summed E-state index contributed by atoms with van der Waals surface area (Å²) in [5.74, 6) is 2.36. The molecule has 1 heterocycles. The minimum atomic E-state index is -0.164. The highest BCUT2D eigenvalue weighted by molar-refractivity contribution is 7.98. The molecule has 4 aromatic rings. The molecule has 0 atom stereocenters. The van der Waals surface area contributed by atoms with E-state index in [1.807, 2.05) is 48.5 Å². The number of hydrogen-bond acceptors (Lipinski definition) is 6. The number of imidazole rings is 1. The van der Waals surface area contributed by atoms with Gasteiger partial charge in [-0.15, -0.1) is 0 Å². The maximum Gasteiger partial charge on any atom is 0.251 e. The zero-order valence-corrected chi connectivity index (χ0v) is 19.5. The number of rotatable bonds is 9. The van der Waals surface area contributed by atoms with Gasteiger partial charge in [-0.25, -0.2) is 4.98 Å². The number of thioether (sulfide) groups is 1. The number of hydrogen-bond donors (Lipinski definition) is 2. The first-order valence-corrected chi connectivity index (χ1v) is 11.3. The molecule has 0 aliphatic rings. The minimum absolute atomic E-state index is 0.164. The number of nitrogens with one attached hydrogen (secondary N) is 2. The van der Waals surface area contributed by atoms with Crippen LogP contribution in [-0.4, -0.2) is 37.2 Å². The summed E-state index contributed by atoms with van der Waals surface area (Å²) in [6.07, 6.45) is 0. The van der Waals surface area contributed by atoms with Gasteiger partial charge in [-0.05, 0) is 35.9 Å². The van der Waals surface area contributed by atoms with Crippen LogP contribution < -0.4 is 19.5 Å². The predicted octanol–water partition coefficient (Wildman–Crippen LogP) is 4.81. The summed E-state index contributed by atoms with van der Waals surface area (Å²) in [6, 6.07) is 19.1. The van der Waals surface area contributed by atoms with Gasteiger partial charge >= 0.3 is 0 Å². The van der Waals surface area contributed by atoms with Crippen molar-refractivity contribution >= 4 is 28.7 Å². The molecule has 170 valence electrons. The SMILES string of the molecule is COc1cc(OC)c(OC)cc1CNC(=O)c1ccc(CSc2nc3ccccc3[nH]2)cc1. The van der Waals surface area contributed by atoms with Crippen molar-refractivity contribution in [2.75, 3.05) is 21.3 Å². The van der Waals surface area contributed by atoms with E-state index in [2.05, 4.69) is 15.3 Å². The number of H-pyrrole nitrogens is 1. The van der Waals surface area contributed by atoms with Gasteiger partial charge in [0.05, 0.1) is 32.4 Å². The molecule has 1 aromatic heterocycles. The Balaban J connectivity index is 1.36. The van der Waals surface area contributed by atoms with E-state index < -0.39 is 0 Å². The van der Waals surface area contributed by atoms with Crippen LogP contribution in [0.4, 0.5) is 0 Å². The fraction of sp³-hybridized carbons (Fsp3) is 0.200. The Morgan fingerprint density at radius 1 is 0.939 bits per heavy atom. The topological polar surface area (TPSA) is 85.5 Å². The maximum atomic E-state index is 12.7. The van der Waals surface area contributed by atoms with Gasteiger partial charge in [-0.2, -0.15) is 0 Å². The van der Waals surface area contributed by atoms with Gasteiger partial charge in [0.15, 0.2) is 16.7 Å². The average molecular weight is 464 g/mol. The fourth-order valence-electron chi connectivity index (χ4n) is 3.41. The summed E-state index contributed by atoms with van der Waals surface area (Å²) in [6.45, 7) is 0.298. The molecule has 33 heavy (non-hydrogen) atoms. The van der Waals surface area contributed by atoms with E-state index in [1.54, 1.807) is 45.2 Å². The second-order valence-electron chi connectivity index (χ2n) is 7.25. The third-order valence-electron chi connectivity index (χ3n) is 5.19. The lowest BCUT2D eigenvalue weighted by Gasteiger charge is -2.14. The number of benzene rings is 3. The zero-order chi connectivity index (χ0) is 23.2. The molecule has 0 aliphatic heterocycles. The molecular formula is C25H25N3O4S. The molecule has 0 radical (unpaired) electrons. The maximum absolute atomic E-state index is 12.7. The van der Waals surface area contributed by atoms with Crippen molar-refractivity contribution in [2.45, 2.75) is 17.5 Å². The van der Waals surface area contributed by atoms with Crippen LogP contribution in [-0.2, 0) is 12.3 Å². The molecule has 0 saturated heterocycles. The van der Waals surface area contributed by atoms with Crippen LogP contribution >= 0.6 is 11.8 Å². The van der Waals surface area contributed by atoms with Crippen molar-refractivity contribution in [1.82, 2.24) is 15.3 Å². The van der Waals surface area contributed by atoms with Crippen LogP contribution in [0.25, 0.3) is 11.0 Å². The third-order valence-corrected chi connectivity index (χ3v) is 6.13. The number of carbonyl (C=O) groups excluding carboxylic acids is 1. The molecular weight excluding hydrogens is 438 g/mol. The predicted molar refractivity (Wildman–Crippen MR) is 129 cm³/mol. The summed E-state index contributed by atoms with van der Waals surface area (Å²) in [5.41, 5.74) is 4.48. The largest absolute Gasteiger partial charge is 0.496 e. The lowest BCUT2D eigenvalue weighted by Crippen LogP contribution is -2.23. The van der Waals surface area contributed by atoms with Crippen molar-refractivity contribution in [3.8, 4) is 17.2 Å². The smallest absolute Gasteiger partial charge is 0.251 e. The number of aromatic amines is 1. The zero-order valence-electron chi connectivity index (χ0n) is 18.7. The number of ether oxygens (including phenoxy) is 3. The van der Waals surface area contributed by atoms with Gasteiger partial charge in [-0.1, -0.05) is 36.0 Å². The quantitative estimate of drug-likeness (QED) is 0.347. The van der Waals surface area contributed by atoms with Crippen molar-refractivity contribution in [1.29, 1.82) is 0 Å². The summed E-state index contributed by atoms with van der Waals surface area (Å²) in [5, 5.41) is 3.81. The first kappa shape index (κ1) is 22.5. The highest BCUT2D eigenvalue weighted by Crippen LogP contribution is 2.34. The van der Waals surface area contributed by atoms with E-state index in [4.69, 9.17) is 14.2 Å². The Labute approximate surface area is 196 Å². The molecule has 0 fully saturated rings. The number of nitrogens with zero attached hydrogens (tertiary/aromatic N) is 1. The molecule has 7 nitrogen and oxygen atoms in total. The monoisotopic (exact) mass is 463 g/mol. The van der Waals surface area contributed by atoms with Crippen LogP contribution in [0.2, 0.25) is 0 Å². The normalized spacial score (nSPS) is 10.8. The van der Waals surface area contributed by atoms with E-state index in [-0.39, 0.29) is 5.91 Å². The second-order valence-corrected chi connectivity index (χ2v) is 8.21. The first-order chi connectivity index (χ1) is 16.1. The average Bonchev–Trinajstić information content (AvgIpc) is 3.28. The summed E-state index contributed by atoms with van der Waals surface area (Å²) in [7, 11) is 4.72. The minimum Gasteiger partial charge on any atom is -0.496 e. The lowest BCUT2D eigenvalue weighted by atomic mass is 10.1. The van der Waals surface area contributed by atoms with Gasteiger partial charge in [-0.3, -0.25) is 4.79 Å². The van der Waals surface area contributed by atoms with Gasteiger partial charge in [0.25, 0.3) is 5.91 Å². The van der Waals surface area contributed by atoms with Crippen molar-refractivity contribution in [3.05, 3.63) is 77.4 Å². The highest BCUT2D eigenvalue weighted by atomic mass is 32.2. The Bertz CT molecular complexity index is 1220. The van der Waals surface area contributed by atoms with Crippen molar-refractivity contribution < 1.29 is 19.0 Å².